The van der Waals surface area contributed by atoms with Crippen molar-refractivity contribution in [1.82, 2.24) is 15.1 Å². The second-order valence-electron chi connectivity index (χ2n) is 8.98. The predicted molar refractivity (Wildman–Crippen MR) is 122 cm³/mol. The standard InChI is InChI=1S/C24H34N4O4/c1-2-6-21(17-7-4-3-5-8-17)28(11-12-29)23(31)16-32-19-10-9-18-14-27-15-22(30)26-24(27)25-20(18)13-19/h9-10,13,17,21,29H,2-8,11-12,14-16H2,1H3,(H,25,26,30). The highest BCUT2D eigenvalue weighted by Crippen LogP contribution is 2.32. The average Bonchev–Trinajstić information content (AvgIpc) is 3.17. The molecule has 174 valence electrons. The van der Waals surface area contributed by atoms with E-state index in [2.05, 4.69) is 17.2 Å². The molecule has 2 heterocycles. The lowest BCUT2D eigenvalue weighted by Crippen LogP contribution is -2.48. The van der Waals surface area contributed by atoms with E-state index in [-0.39, 0.29) is 31.1 Å². The van der Waals surface area contributed by atoms with Gasteiger partial charge in [-0.05, 0) is 36.8 Å². The van der Waals surface area contributed by atoms with Gasteiger partial charge in [-0.2, -0.15) is 0 Å². The van der Waals surface area contributed by atoms with Crippen molar-refractivity contribution in [2.45, 2.75) is 64.5 Å². The van der Waals surface area contributed by atoms with Gasteiger partial charge in [0.15, 0.2) is 6.61 Å². The third kappa shape index (κ3) is 5.06. The SMILES string of the molecule is CCCC(C1CCCCC1)N(CCO)C(=O)COc1ccc2c(c1)N=C1NC(=O)CN1C2. The molecule has 0 spiro atoms. The Bertz CT molecular complexity index is 866. The van der Waals surface area contributed by atoms with Gasteiger partial charge in [-0.3, -0.25) is 14.9 Å². The van der Waals surface area contributed by atoms with E-state index < -0.39 is 0 Å². The molecule has 32 heavy (non-hydrogen) atoms. The number of aliphatic imine (C=N–C) groups is 1. The first-order valence-corrected chi connectivity index (χ1v) is 11.9. The molecule has 2 aliphatic heterocycles. The Labute approximate surface area is 189 Å². The van der Waals surface area contributed by atoms with E-state index >= 15 is 0 Å². The van der Waals surface area contributed by atoms with Gasteiger partial charge in [-0.15, -0.1) is 0 Å². The fourth-order valence-corrected chi connectivity index (χ4v) is 5.18. The topological polar surface area (TPSA) is 94.5 Å². The second-order valence-corrected chi connectivity index (χ2v) is 8.98. The zero-order valence-corrected chi connectivity index (χ0v) is 18.9. The molecule has 8 heteroatoms. The smallest absolute Gasteiger partial charge is 0.260 e. The number of hydrogen-bond donors (Lipinski definition) is 2. The average molecular weight is 443 g/mol. The summed E-state index contributed by atoms with van der Waals surface area (Å²) in [6.07, 6.45) is 7.98. The summed E-state index contributed by atoms with van der Waals surface area (Å²) in [5, 5.41) is 12.4. The van der Waals surface area contributed by atoms with Gasteiger partial charge >= 0.3 is 0 Å². The van der Waals surface area contributed by atoms with Crippen LogP contribution in [-0.4, -0.2) is 65.0 Å². The summed E-state index contributed by atoms with van der Waals surface area (Å²) >= 11 is 0. The first kappa shape index (κ1) is 22.6. The van der Waals surface area contributed by atoms with Crippen LogP contribution in [0.3, 0.4) is 0 Å². The van der Waals surface area contributed by atoms with E-state index in [4.69, 9.17) is 4.74 Å². The summed E-state index contributed by atoms with van der Waals surface area (Å²) in [5.41, 5.74) is 1.77. The molecular weight excluding hydrogens is 408 g/mol. The minimum atomic E-state index is -0.0821. The summed E-state index contributed by atoms with van der Waals surface area (Å²) in [6, 6.07) is 5.76. The number of carbonyl (C=O) groups excluding carboxylic acids is 2. The minimum absolute atomic E-state index is 0.0444. The fourth-order valence-electron chi connectivity index (χ4n) is 5.18. The van der Waals surface area contributed by atoms with E-state index in [0.29, 0.717) is 37.3 Å². The molecule has 1 aromatic carbocycles. The van der Waals surface area contributed by atoms with Crippen molar-refractivity contribution in [3.8, 4) is 5.75 Å². The zero-order valence-electron chi connectivity index (χ0n) is 18.9. The third-order valence-electron chi connectivity index (χ3n) is 6.73. The van der Waals surface area contributed by atoms with Gasteiger partial charge in [0.05, 0.1) is 12.3 Å². The number of aliphatic hydroxyl groups is 1. The Morgan fingerprint density at radius 3 is 2.88 bits per heavy atom. The number of aliphatic hydroxyl groups excluding tert-OH is 1. The summed E-state index contributed by atoms with van der Waals surface area (Å²) in [6.45, 7) is 3.33. The molecule has 1 aromatic rings. The van der Waals surface area contributed by atoms with Crippen LogP contribution >= 0.6 is 0 Å². The van der Waals surface area contributed by atoms with Gasteiger partial charge in [-0.1, -0.05) is 38.7 Å². The number of nitrogens with one attached hydrogen (secondary N) is 1. The van der Waals surface area contributed by atoms with Gasteiger partial charge in [0.1, 0.15) is 12.3 Å². The fraction of sp³-hybridized carbons (Fsp3) is 0.625. The lowest BCUT2D eigenvalue weighted by atomic mass is 9.81. The number of nitrogens with zero attached hydrogens (tertiary/aromatic N) is 3. The van der Waals surface area contributed by atoms with Crippen LogP contribution in [0.5, 0.6) is 5.75 Å². The number of rotatable bonds is 9. The quantitative estimate of drug-likeness (QED) is 0.613. The third-order valence-corrected chi connectivity index (χ3v) is 6.73. The van der Waals surface area contributed by atoms with Crippen LogP contribution in [-0.2, 0) is 16.1 Å². The van der Waals surface area contributed by atoms with Gasteiger partial charge in [0, 0.05) is 25.2 Å². The highest BCUT2D eigenvalue weighted by molar-refractivity contribution is 6.05. The molecule has 2 N–H and O–H groups in total. The predicted octanol–water partition coefficient (Wildman–Crippen LogP) is 2.57. The number of amides is 2. The van der Waals surface area contributed by atoms with E-state index in [1.54, 1.807) is 0 Å². The Morgan fingerprint density at radius 1 is 1.31 bits per heavy atom. The first-order valence-electron chi connectivity index (χ1n) is 11.9. The minimum Gasteiger partial charge on any atom is -0.484 e. The molecular formula is C24H34N4O4. The Kier molecular flexibility index (Phi) is 7.29. The summed E-state index contributed by atoms with van der Waals surface area (Å²) in [4.78, 5) is 33.0. The molecule has 1 atom stereocenters. The molecule has 0 aromatic heterocycles. The van der Waals surface area contributed by atoms with Crippen molar-refractivity contribution in [2.75, 3.05) is 26.3 Å². The summed E-state index contributed by atoms with van der Waals surface area (Å²) in [7, 11) is 0. The zero-order chi connectivity index (χ0) is 22.5. The number of carbonyl (C=O) groups is 2. The van der Waals surface area contributed by atoms with Gasteiger partial charge in [-0.25, -0.2) is 4.99 Å². The number of guanidine groups is 1. The summed E-state index contributed by atoms with van der Waals surface area (Å²) < 4.78 is 5.87. The second kappa shape index (κ2) is 10.3. The molecule has 4 rings (SSSR count). The maximum atomic E-state index is 13.1. The van der Waals surface area contributed by atoms with Crippen molar-refractivity contribution in [1.29, 1.82) is 0 Å². The van der Waals surface area contributed by atoms with Crippen LogP contribution in [0.1, 0.15) is 57.4 Å². The van der Waals surface area contributed by atoms with Crippen LogP contribution in [0.2, 0.25) is 0 Å². The van der Waals surface area contributed by atoms with Crippen molar-refractivity contribution in [2.24, 2.45) is 10.9 Å². The van der Waals surface area contributed by atoms with E-state index in [0.717, 1.165) is 36.9 Å². The van der Waals surface area contributed by atoms with Crippen molar-refractivity contribution >= 4 is 23.5 Å². The Morgan fingerprint density at radius 2 is 2.12 bits per heavy atom. The maximum Gasteiger partial charge on any atom is 0.260 e. The number of fused-ring (bicyclic) bond motifs is 2. The monoisotopic (exact) mass is 442 g/mol. The molecule has 0 bridgehead atoms. The lowest BCUT2D eigenvalue weighted by molar-refractivity contribution is -0.138. The van der Waals surface area contributed by atoms with Crippen LogP contribution in [0.4, 0.5) is 5.69 Å². The number of hydrogen-bond acceptors (Lipinski definition) is 6. The van der Waals surface area contributed by atoms with Crippen LogP contribution in [0.25, 0.3) is 0 Å². The number of benzene rings is 1. The van der Waals surface area contributed by atoms with E-state index in [1.807, 2.05) is 28.0 Å². The van der Waals surface area contributed by atoms with Crippen molar-refractivity contribution in [3.05, 3.63) is 23.8 Å². The highest BCUT2D eigenvalue weighted by atomic mass is 16.5. The van der Waals surface area contributed by atoms with E-state index in [1.165, 1.54) is 19.3 Å². The van der Waals surface area contributed by atoms with Gasteiger partial charge < -0.3 is 19.6 Å². The molecule has 1 aliphatic carbocycles. The molecule has 2 amide bonds. The van der Waals surface area contributed by atoms with Gasteiger partial charge in [0.2, 0.25) is 11.9 Å². The Balaban J connectivity index is 1.42. The lowest BCUT2D eigenvalue weighted by Gasteiger charge is -2.38. The van der Waals surface area contributed by atoms with Crippen LogP contribution in [0.15, 0.2) is 23.2 Å². The van der Waals surface area contributed by atoms with Crippen LogP contribution in [0, 0.1) is 5.92 Å². The Hall–Kier alpha value is -2.61. The molecule has 8 nitrogen and oxygen atoms in total. The molecule has 1 unspecified atom stereocenters. The largest absolute Gasteiger partial charge is 0.484 e. The van der Waals surface area contributed by atoms with Crippen molar-refractivity contribution < 1.29 is 19.4 Å². The highest BCUT2D eigenvalue weighted by Gasteiger charge is 2.32. The first-order chi connectivity index (χ1) is 15.6. The molecule has 0 radical (unpaired) electrons. The summed E-state index contributed by atoms with van der Waals surface area (Å²) in [5.74, 6) is 1.51. The van der Waals surface area contributed by atoms with E-state index in [9.17, 15) is 14.7 Å². The molecule has 1 saturated heterocycles. The van der Waals surface area contributed by atoms with Crippen molar-refractivity contribution in [3.63, 3.8) is 0 Å². The number of ether oxygens (including phenoxy) is 1. The molecule has 3 aliphatic rings. The van der Waals surface area contributed by atoms with Crippen LogP contribution < -0.4 is 10.1 Å². The van der Waals surface area contributed by atoms with Gasteiger partial charge in [0.25, 0.3) is 5.91 Å². The molecule has 1 saturated carbocycles. The normalized spacial score (nSPS) is 19.0. The molecule has 2 fully saturated rings. The maximum absolute atomic E-state index is 13.1.